The van der Waals surface area contributed by atoms with Crippen LogP contribution in [0.2, 0.25) is 0 Å². The van der Waals surface area contributed by atoms with Crippen LogP contribution in [0.5, 0.6) is 0 Å². The molecule has 0 unspecified atom stereocenters. The second-order valence-corrected chi connectivity index (χ2v) is 10.0. The second kappa shape index (κ2) is 7.75. The van der Waals surface area contributed by atoms with Gasteiger partial charge in [0.1, 0.15) is 5.82 Å². The number of nitrogens with zero attached hydrogens (tertiary/aromatic N) is 2. The van der Waals surface area contributed by atoms with Crippen molar-refractivity contribution in [1.82, 2.24) is 9.55 Å². The Morgan fingerprint density at radius 3 is 1.93 bits per heavy atom. The van der Waals surface area contributed by atoms with Gasteiger partial charge in [-0.2, -0.15) is 0 Å². The van der Waals surface area contributed by atoms with Gasteiger partial charge in [-0.1, -0.05) is 90.1 Å². The number of carboxylic acids is 1. The van der Waals surface area contributed by atoms with E-state index in [4.69, 9.17) is 0 Å². The second-order valence-electron chi connectivity index (χ2n) is 10.0. The highest BCUT2D eigenvalue weighted by Crippen LogP contribution is 2.32. The van der Waals surface area contributed by atoms with Crippen LogP contribution in [0.25, 0.3) is 11.4 Å². The standard InChI is InChI=1S/C26H32N2O2/c1-17-22(24(29)30)28(23(27-17)19-11-9-8-10-12-19)16-18-13-20(25(2,3)4)15-21(14-18)26(5,6)7/h8-15H,16H2,1-7H3,(H,29,30). The van der Waals surface area contributed by atoms with Gasteiger partial charge in [-0.15, -0.1) is 0 Å². The molecular formula is C26H32N2O2. The van der Waals surface area contributed by atoms with Crippen molar-refractivity contribution in [2.45, 2.75) is 65.8 Å². The van der Waals surface area contributed by atoms with Gasteiger partial charge in [-0.05, 0) is 34.4 Å². The monoisotopic (exact) mass is 404 g/mol. The van der Waals surface area contributed by atoms with E-state index in [9.17, 15) is 9.90 Å². The smallest absolute Gasteiger partial charge is 0.354 e. The Bertz CT molecular complexity index is 1030. The molecule has 158 valence electrons. The van der Waals surface area contributed by atoms with Crippen molar-refractivity contribution in [2.24, 2.45) is 0 Å². The normalized spacial score (nSPS) is 12.2. The Labute approximate surface area is 179 Å². The molecule has 1 aromatic heterocycles. The number of hydrogen-bond acceptors (Lipinski definition) is 2. The van der Waals surface area contributed by atoms with Gasteiger partial charge in [0.2, 0.25) is 0 Å². The molecule has 4 nitrogen and oxygen atoms in total. The number of aromatic carboxylic acids is 1. The molecule has 0 radical (unpaired) electrons. The summed E-state index contributed by atoms with van der Waals surface area (Å²) in [4.78, 5) is 16.7. The summed E-state index contributed by atoms with van der Waals surface area (Å²) < 4.78 is 1.83. The van der Waals surface area contributed by atoms with Crippen molar-refractivity contribution >= 4 is 5.97 Å². The highest BCUT2D eigenvalue weighted by Gasteiger charge is 2.24. The minimum Gasteiger partial charge on any atom is -0.477 e. The van der Waals surface area contributed by atoms with Crippen LogP contribution in [0.3, 0.4) is 0 Å². The maximum atomic E-state index is 12.1. The van der Waals surface area contributed by atoms with Gasteiger partial charge in [-0.3, -0.25) is 0 Å². The number of carboxylic acid groups (broad SMARTS) is 1. The molecule has 3 rings (SSSR count). The van der Waals surface area contributed by atoms with E-state index >= 15 is 0 Å². The molecule has 0 bridgehead atoms. The Morgan fingerprint density at radius 2 is 1.47 bits per heavy atom. The maximum absolute atomic E-state index is 12.1. The Kier molecular flexibility index (Phi) is 5.64. The summed E-state index contributed by atoms with van der Waals surface area (Å²) in [5, 5.41) is 9.89. The summed E-state index contributed by atoms with van der Waals surface area (Å²) in [6.45, 7) is 15.5. The van der Waals surface area contributed by atoms with Gasteiger partial charge in [0.15, 0.2) is 5.69 Å². The fraction of sp³-hybridized carbons (Fsp3) is 0.385. The summed E-state index contributed by atoms with van der Waals surface area (Å²) >= 11 is 0. The fourth-order valence-corrected chi connectivity index (χ4v) is 3.64. The van der Waals surface area contributed by atoms with E-state index < -0.39 is 5.97 Å². The first kappa shape index (κ1) is 21.8. The van der Waals surface area contributed by atoms with Crippen LogP contribution in [-0.4, -0.2) is 20.6 Å². The first-order valence-electron chi connectivity index (χ1n) is 10.4. The Morgan fingerprint density at radius 1 is 0.933 bits per heavy atom. The zero-order chi connectivity index (χ0) is 22.3. The van der Waals surface area contributed by atoms with E-state index in [-0.39, 0.29) is 16.5 Å². The fourth-order valence-electron chi connectivity index (χ4n) is 3.64. The molecule has 1 N–H and O–H groups in total. The molecule has 0 saturated carbocycles. The number of aromatic nitrogens is 2. The molecule has 0 atom stereocenters. The van der Waals surface area contributed by atoms with Gasteiger partial charge in [-0.25, -0.2) is 9.78 Å². The largest absolute Gasteiger partial charge is 0.477 e. The van der Waals surface area contributed by atoms with Gasteiger partial charge >= 0.3 is 5.97 Å². The summed E-state index contributed by atoms with van der Waals surface area (Å²) in [5.41, 5.74) is 5.27. The average Bonchev–Trinajstić information content (AvgIpc) is 2.97. The summed E-state index contributed by atoms with van der Waals surface area (Å²) in [6, 6.07) is 16.5. The number of hydrogen-bond donors (Lipinski definition) is 1. The van der Waals surface area contributed by atoms with Gasteiger partial charge < -0.3 is 9.67 Å². The van der Waals surface area contributed by atoms with E-state index in [0.717, 1.165) is 11.1 Å². The van der Waals surface area contributed by atoms with Crippen LogP contribution in [0.15, 0.2) is 48.5 Å². The van der Waals surface area contributed by atoms with Crippen molar-refractivity contribution in [3.05, 3.63) is 76.6 Å². The number of aryl methyl sites for hydroxylation is 1. The Hall–Kier alpha value is -2.88. The zero-order valence-electron chi connectivity index (χ0n) is 19.1. The minimum atomic E-state index is -0.954. The Balaban J connectivity index is 2.20. The maximum Gasteiger partial charge on any atom is 0.354 e. The van der Waals surface area contributed by atoms with Gasteiger partial charge in [0.25, 0.3) is 0 Å². The third-order valence-electron chi connectivity index (χ3n) is 5.44. The molecule has 0 saturated heterocycles. The van der Waals surface area contributed by atoms with E-state index in [1.54, 1.807) is 6.92 Å². The molecule has 0 spiro atoms. The highest BCUT2D eigenvalue weighted by atomic mass is 16.4. The van der Waals surface area contributed by atoms with Gasteiger partial charge in [0, 0.05) is 12.1 Å². The highest BCUT2D eigenvalue weighted by molar-refractivity contribution is 5.88. The molecule has 0 amide bonds. The summed E-state index contributed by atoms with van der Waals surface area (Å²) in [5.74, 6) is -0.269. The predicted octanol–water partition coefficient (Wildman–Crippen LogP) is 6.20. The number of carbonyl (C=O) groups is 1. The lowest BCUT2D eigenvalue weighted by molar-refractivity contribution is 0.0685. The summed E-state index contributed by atoms with van der Waals surface area (Å²) in [6.07, 6.45) is 0. The van der Waals surface area contributed by atoms with Crippen molar-refractivity contribution in [2.75, 3.05) is 0 Å². The molecule has 0 aliphatic carbocycles. The minimum absolute atomic E-state index is 0.00124. The molecule has 0 aliphatic rings. The third kappa shape index (κ3) is 4.48. The van der Waals surface area contributed by atoms with Crippen molar-refractivity contribution in [3.63, 3.8) is 0 Å². The number of benzene rings is 2. The van der Waals surface area contributed by atoms with Crippen LogP contribution < -0.4 is 0 Å². The molecule has 30 heavy (non-hydrogen) atoms. The first-order chi connectivity index (χ1) is 13.9. The quantitative estimate of drug-likeness (QED) is 0.563. The SMILES string of the molecule is Cc1nc(-c2ccccc2)n(Cc2cc(C(C)(C)C)cc(C(C)(C)C)c2)c1C(=O)O. The molecular weight excluding hydrogens is 372 g/mol. The van der Waals surface area contributed by atoms with Crippen molar-refractivity contribution < 1.29 is 9.90 Å². The van der Waals surface area contributed by atoms with E-state index in [1.807, 2.05) is 34.9 Å². The van der Waals surface area contributed by atoms with E-state index in [1.165, 1.54) is 11.1 Å². The molecule has 0 fully saturated rings. The lowest BCUT2D eigenvalue weighted by atomic mass is 9.79. The topological polar surface area (TPSA) is 55.1 Å². The van der Waals surface area contributed by atoms with E-state index in [2.05, 4.69) is 64.7 Å². The molecule has 3 aromatic rings. The van der Waals surface area contributed by atoms with Crippen LogP contribution in [0.1, 0.15) is 74.4 Å². The van der Waals surface area contributed by atoms with Gasteiger partial charge in [0.05, 0.1) is 5.69 Å². The van der Waals surface area contributed by atoms with E-state index in [0.29, 0.717) is 18.1 Å². The first-order valence-corrected chi connectivity index (χ1v) is 10.4. The lowest BCUT2D eigenvalue weighted by Crippen LogP contribution is -2.18. The van der Waals surface area contributed by atoms with Crippen molar-refractivity contribution in [3.8, 4) is 11.4 Å². The van der Waals surface area contributed by atoms with Crippen LogP contribution in [-0.2, 0) is 17.4 Å². The molecule has 2 aromatic carbocycles. The van der Waals surface area contributed by atoms with Crippen LogP contribution >= 0.6 is 0 Å². The third-order valence-corrected chi connectivity index (χ3v) is 5.44. The average molecular weight is 405 g/mol. The molecule has 4 heteroatoms. The lowest BCUT2D eigenvalue weighted by Gasteiger charge is -2.26. The summed E-state index contributed by atoms with van der Waals surface area (Å²) in [7, 11) is 0. The van der Waals surface area contributed by atoms with Crippen molar-refractivity contribution in [1.29, 1.82) is 0 Å². The zero-order valence-corrected chi connectivity index (χ0v) is 19.1. The predicted molar refractivity (Wildman–Crippen MR) is 122 cm³/mol. The van der Waals surface area contributed by atoms with Crippen LogP contribution in [0, 0.1) is 6.92 Å². The van der Waals surface area contributed by atoms with Crippen LogP contribution in [0.4, 0.5) is 0 Å². The number of rotatable bonds is 4. The number of imidazole rings is 1. The molecule has 1 heterocycles. The molecule has 0 aliphatic heterocycles.